The number of nitrogens with one attached hydrogen (secondary N) is 1. The molecule has 0 radical (unpaired) electrons. The maximum Gasteiger partial charge on any atom is 0.221 e. The van der Waals surface area contributed by atoms with Gasteiger partial charge < -0.3 is 5.32 Å². The van der Waals surface area contributed by atoms with Crippen LogP contribution in [0.4, 0.5) is 0 Å². The maximum absolute atomic E-state index is 11.8. The summed E-state index contributed by atoms with van der Waals surface area (Å²) >= 11 is 5.81. The Hall–Kier alpha value is -1.11. The van der Waals surface area contributed by atoms with E-state index in [9.17, 15) is 13.2 Å². The SMILES string of the molecule is CC(C)N(CCC(=O)NCCc1ccc(Cl)cc1)S(C)(=O)=O. The number of carbonyl (C=O) groups is 1. The summed E-state index contributed by atoms with van der Waals surface area (Å²) in [5, 5.41) is 3.48. The molecule has 1 N–H and O–H groups in total. The van der Waals surface area contributed by atoms with Crippen LogP contribution in [0.1, 0.15) is 25.8 Å². The van der Waals surface area contributed by atoms with Crippen LogP contribution in [0.2, 0.25) is 5.02 Å². The van der Waals surface area contributed by atoms with E-state index in [4.69, 9.17) is 11.6 Å². The Morgan fingerprint density at radius 3 is 2.36 bits per heavy atom. The lowest BCUT2D eigenvalue weighted by atomic mass is 10.1. The number of carbonyl (C=O) groups excluding carboxylic acids is 1. The molecule has 0 aliphatic carbocycles. The van der Waals surface area contributed by atoms with Crippen molar-refractivity contribution >= 4 is 27.5 Å². The highest BCUT2D eigenvalue weighted by atomic mass is 35.5. The van der Waals surface area contributed by atoms with Gasteiger partial charge in [-0.25, -0.2) is 8.42 Å². The van der Waals surface area contributed by atoms with Gasteiger partial charge in [-0.05, 0) is 38.0 Å². The molecule has 0 fully saturated rings. The molecule has 0 aromatic heterocycles. The first-order valence-corrected chi connectivity index (χ1v) is 9.40. The Morgan fingerprint density at radius 2 is 1.86 bits per heavy atom. The van der Waals surface area contributed by atoms with Crippen molar-refractivity contribution in [2.45, 2.75) is 32.7 Å². The summed E-state index contributed by atoms with van der Waals surface area (Å²) in [6.07, 6.45) is 2.03. The topological polar surface area (TPSA) is 66.5 Å². The monoisotopic (exact) mass is 346 g/mol. The first-order chi connectivity index (χ1) is 10.2. The summed E-state index contributed by atoms with van der Waals surface area (Å²) in [5.74, 6) is -0.150. The molecule has 0 saturated carbocycles. The standard InChI is InChI=1S/C15H23ClN2O3S/c1-12(2)18(22(3,20)21)11-9-15(19)17-10-8-13-4-6-14(16)7-5-13/h4-7,12H,8-11H2,1-3H3,(H,17,19). The number of rotatable bonds is 8. The number of nitrogens with zero attached hydrogens (tertiary/aromatic N) is 1. The lowest BCUT2D eigenvalue weighted by molar-refractivity contribution is -0.121. The molecule has 124 valence electrons. The zero-order valence-electron chi connectivity index (χ0n) is 13.2. The van der Waals surface area contributed by atoms with Crippen LogP contribution in [0, 0.1) is 0 Å². The molecular weight excluding hydrogens is 324 g/mol. The maximum atomic E-state index is 11.8. The fraction of sp³-hybridized carbons (Fsp3) is 0.533. The van der Waals surface area contributed by atoms with E-state index in [0.29, 0.717) is 18.0 Å². The summed E-state index contributed by atoms with van der Waals surface area (Å²) in [4.78, 5) is 11.8. The third kappa shape index (κ3) is 6.77. The third-order valence-electron chi connectivity index (χ3n) is 3.21. The second-order valence-electron chi connectivity index (χ2n) is 5.44. The molecular formula is C15H23ClN2O3S. The van der Waals surface area contributed by atoms with Gasteiger partial charge in [-0.1, -0.05) is 23.7 Å². The van der Waals surface area contributed by atoms with E-state index in [0.717, 1.165) is 11.8 Å². The first kappa shape index (κ1) is 18.9. The van der Waals surface area contributed by atoms with Crippen molar-refractivity contribution in [2.75, 3.05) is 19.3 Å². The lowest BCUT2D eigenvalue weighted by Gasteiger charge is -2.23. The van der Waals surface area contributed by atoms with Gasteiger partial charge >= 0.3 is 0 Å². The number of amides is 1. The van der Waals surface area contributed by atoms with Crippen molar-refractivity contribution in [2.24, 2.45) is 0 Å². The second kappa shape index (κ2) is 8.50. The van der Waals surface area contributed by atoms with Gasteiger partial charge in [-0.15, -0.1) is 0 Å². The van der Waals surface area contributed by atoms with Crippen molar-refractivity contribution in [1.29, 1.82) is 0 Å². The Labute approximate surface area is 137 Å². The molecule has 0 unspecified atom stereocenters. The first-order valence-electron chi connectivity index (χ1n) is 7.18. The van der Waals surface area contributed by atoms with Gasteiger partial charge in [0.25, 0.3) is 0 Å². The summed E-state index contributed by atoms with van der Waals surface area (Å²) < 4.78 is 24.5. The highest BCUT2D eigenvalue weighted by Crippen LogP contribution is 2.09. The minimum absolute atomic E-state index is 0.150. The molecule has 0 spiro atoms. The normalized spacial score (nSPS) is 11.9. The Kier molecular flexibility index (Phi) is 7.32. The Balaban J connectivity index is 2.35. The number of halogens is 1. The highest BCUT2D eigenvalue weighted by Gasteiger charge is 2.20. The smallest absolute Gasteiger partial charge is 0.221 e. The van der Waals surface area contributed by atoms with Gasteiger partial charge in [0.05, 0.1) is 6.26 Å². The summed E-state index contributed by atoms with van der Waals surface area (Å²) in [5.41, 5.74) is 1.09. The summed E-state index contributed by atoms with van der Waals surface area (Å²) in [6.45, 7) is 4.29. The van der Waals surface area contributed by atoms with Gasteiger partial charge in [-0.3, -0.25) is 4.79 Å². The van der Waals surface area contributed by atoms with E-state index >= 15 is 0 Å². The van der Waals surface area contributed by atoms with Crippen molar-refractivity contribution in [1.82, 2.24) is 9.62 Å². The molecule has 1 aromatic rings. The van der Waals surface area contributed by atoms with Crippen molar-refractivity contribution in [3.8, 4) is 0 Å². The minimum atomic E-state index is -3.29. The van der Waals surface area contributed by atoms with Gasteiger partial charge in [-0.2, -0.15) is 4.31 Å². The van der Waals surface area contributed by atoms with Crippen LogP contribution >= 0.6 is 11.6 Å². The Morgan fingerprint density at radius 1 is 1.27 bits per heavy atom. The quantitative estimate of drug-likeness (QED) is 0.783. The van der Waals surface area contributed by atoms with Crippen LogP contribution in [0.3, 0.4) is 0 Å². The highest BCUT2D eigenvalue weighted by molar-refractivity contribution is 7.88. The van der Waals surface area contributed by atoms with Crippen LogP contribution in [0.25, 0.3) is 0 Å². The predicted octanol–water partition coefficient (Wildman–Crippen LogP) is 2.06. The lowest BCUT2D eigenvalue weighted by Crippen LogP contribution is -2.39. The van der Waals surface area contributed by atoms with E-state index in [1.54, 1.807) is 13.8 Å². The molecule has 0 atom stereocenters. The third-order valence-corrected chi connectivity index (χ3v) is 4.92. The minimum Gasteiger partial charge on any atom is -0.356 e. The van der Waals surface area contributed by atoms with E-state index in [1.807, 2.05) is 24.3 Å². The molecule has 0 aliphatic heterocycles. The van der Waals surface area contributed by atoms with Gasteiger partial charge in [0.15, 0.2) is 0 Å². The molecule has 0 bridgehead atoms. The van der Waals surface area contributed by atoms with E-state index in [1.165, 1.54) is 4.31 Å². The van der Waals surface area contributed by atoms with Gasteiger partial charge in [0.1, 0.15) is 0 Å². The molecule has 7 heteroatoms. The van der Waals surface area contributed by atoms with Gasteiger partial charge in [0, 0.05) is 30.6 Å². The van der Waals surface area contributed by atoms with Crippen LogP contribution < -0.4 is 5.32 Å². The van der Waals surface area contributed by atoms with Crippen molar-refractivity contribution in [3.05, 3.63) is 34.9 Å². The van der Waals surface area contributed by atoms with Crippen LogP contribution in [0.5, 0.6) is 0 Å². The number of sulfonamides is 1. The molecule has 22 heavy (non-hydrogen) atoms. The molecule has 0 saturated heterocycles. The average Bonchev–Trinajstić information content (AvgIpc) is 2.39. The summed E-state index contributed by atoms with van der Waals surface area (Å²) in [7, 11) is -3.29. The molecule has 0 aliphatic rings. The molecule has 0 heterocycles. The van der Waals surface area contributed by atoms with Crippen molar-refractivity contribution in [3.63, 3.8) is 0 Å². The Bertz CT molecular complexity index is 585. The van der Waals surface area contributed by atoms with Crippen molar-refractivity contribution < 1.29 is 13.2 Å². The predicted molar refractivity (Wildman–Crippen MR) is 89.5 cm³/mol. The summed E-state index contributed by atoms with van der Waals surface area (Å²) in [6, 6.07) is 7.30. The van der Waals surface area contributed by atoms with Crippen LogP contribution in [-0.4, -0.2) is 44.0 Å². The molecule has 5 nitrogen and oxygen atoms in total. The number of hydrogen-bond acceptors (Lipinski definition) is 3. The fourth-order valence-electron chi connectivity index (χ4n) is 2.10. The number of hydrogen-bond donors (Lipinski definition) is 1. The van der Waals surface area contributed by atoms with E-state index < -0.39 is 10.0 Å². The number of benzene rings is 1. The molecule has 1 amide bonds. The zero-order valence-corrected chi connectivity index (χ0v) is 14.7. The fourth-order valence-corrected chi connectivity index (χ4v) is 3.42. The molecule has 1 rings (SSSR count). The second-order valence-corrected chi connectivity index (χ2v) is 7.82. The molecule has 1 aromatic carbocycles. The zero-order chi connectivity index (χ0) is 16.8. The van der Waals surface area contributed by atoms with E-state index in [-0.39, 0.29) is 24.9 Å². The van der Waals surface area contributed by atoms with Crippen LogP contribution in [0.15, 0.2) is 24.3 Å². The average molecular weight is 347 g/mol. The van der Waals surface area contributed by atoms with E-state index in [2.05, 4.69) is 5.32 Å². The largest absolute Gasteiger partial charge is 0.356 e. The van der Waals surface area contributed by atoms with Crippen LogP contribution in [-0.2, 0) is 21.2 Å². The van der Waals surface area contributed by atoms with Gasteiger partial charge in [0.2, 0.25) is 15.9 Å².